The van der Waals surface area contributed by atoms with Gasteiger partial charge in [0, 0.05) is 29.0 Å². The summed E-state index contributed by atoms with van der Waals surface area (Å²) in [5.74, 6) is 1.46. The van der Waals surface area contributed by atoms with Gasteiger partial charge < -0.3 is 10.3 Å². The molecule has 1 atom stereocenters. The molecule has 1 aliphatic rings. The van der Waals surface area contributed by atoms with E-state index in [1.165, 1.54) is 12.0 Å². The zero-order valence-corrected chi connectivity index (χ0v) is 16.6. The number of aromatic amines is 1. The van der Waals surface area contributed by atoms with Crippen LogP contribution in [0.5, 0.6) is 0 Å². The van der Waals surface area contributed by atoms with Gasteiger partial charge in [0.25, 0.3) is 0 Å². The molecule has 2 aromatic rings. The van der Waals surface area contributed by atoms with Crippen molar-refractivity contribution >= 4 is 29.2 Å². The predicted octanol–water partition coefficient (Wildman–Crippen LogP) is 6.46. The molecule has 0 unspecified atom stereocenters. The van der Waals surface area contributed by atoms with Gasteiger partial charge in [-0.2, -0.15) is 0 Å². The zero-order valence-electron chi connectivity index (χ0n) is 15.1. The first-order chi connectivity index (χ1) is 11.2. The topological polar surface area (TPSA) is 40.7 Å². The minimum absolute atomic E-state index is 0.439. The molecule has 1 heterocycles. The molecule has 0 aliphatic heterocycles. The third kappa shape index (κ3) is 6.58. The Kier molecular flexibility index (Phi) is 7.85. The van der Waals surface area contributed by atoms with Crippen LogP contribution in [0.2, 0.25) is 10.0 Å². The molecular weight excluding hydrogens is 341 g/mol. The molecule has 1 aromatic heterocycles. The highest BCUT2D eigenvalue weighted by Gasteiger charge is 2.46. The number of allylic oxidation sites excluding steroid dienone is 1. The summed E-state index contributed by atoms with van der Waals surface area (Å²) in [6.07, 6.45) is 4.77. The standard InChI is InChI=1S/C11H12Cl2.C5H9N3.C3H6/c1-11(2)6-10(11)7-3-8(12)5-9(13)4-7;1-4-3-7-5(6-2)8-4;1-3-2/h3-5,10H,6H2,1-2H3;3H,1-2H3,(H2,6,7,8);3H,1H2,2H3/t10-;;/m0../s1. The van der Waals surface area contributed by atoms with Crippen LogP contribution in [-0.4, -0.2) is 17.0 Å². The van der Waals surface area contributed by atoms with Crippen LogP contribution < -0.4 is 5.32 Å². The predicted molar refractivity (Wildman–Crippen MR) is 106 cm³/mol. The fraction of sp³-hybridized carbons (Fsp3) is 0.421. The lowest BCUT2D eigenvalue weighted by molar-refractivity contribution is 0.622. The van der Waals surface area contributed by atoms with Crippen molar-refractivity contribution in [2.24, 2.45) is 5.41 Å². The number of H-pyrrole nitrogens is 1. The van der Waals surface area contributed by atoms with Crippen molar-refractivity contribution in [1.29, 1.82) is 0 Å². The quantitative estimate of drug-likeness (QED) is 0.597. The number of benzene rings is 1. The number of halogens is 2. The summed E-state index contributed by atoms with van der Waals surface area (Å²) >= 11 is 11.9. The van der Waals surface area contributed by atoms with Gasteiger partial charge in [0.05, 0.1) is 0 Å². The largest absolute Gasteiger partial charge is 0.359 e. The summed E-state index contributed by atoms with van der Waals surface area (Å²) in [5.41, 5.74) is 2.80. The summed E-state index contributed by atoms with van der Waals surface area (Å²) in [4.78, 5) is 6.97. The van der Waals surface area contributed by atoms with Gasteiger partial charge in [-0.15, -0.1) is 6.58 Å². The first-order valence-electron chi connectivity index (χ1n) is 7.96. The Bertz CT molecular complexity index is 642. The Balaban J connectivity index is 0.000000224. The van der Waals surface area contributed by atoms with Crippen molar-refractivity contribution < 1.29 is 0 Å². The SMILES string of the molecule is C=CC.CC1(C)C[C@H]1c1cc(Cl)cc(Cl)c1.CNc1ncc(C)[nH]1. The third-order valence-corrected chi connectivity index (χ3v) is 4.18. The lowest BCUT2D eigenvalue weighted by Crippen LogP contribution is -1.89. The zero-order chi connectivity index (χ0) is 18.3. The minimum atomic E-state index is 0.439. The summed E-state index contributed by atoms with van der Waals surface area (Å²) in [6.45, 7) is 11.8. The molecule has 3 nitrogen and oxygen atoms in total. The normalized spacial score (nSPS) is 16.9. The Morgan fingerprint density at radius 3 is 2.08 bits per heavy atom. The summed E-state index contributed by atoms with van der Waals surface area (Å²) in [7, 11) is 1.83. The molecule has 5 heteroatoms. The number of nitrogens with zero attached hydrogens (tertiary/aromatic N) is 1. The Morgan fingerprint density at radius 1 is 1.29 bits per heavy atom. The van der Waals surface area contributed by atoms with Crippen molar-refractivity contribution in [2.75, 3.05) is 12.4 Å². The molecule has 0 bridgehead atoms. The Morgan fingerprint density at radius 2 is 1.79 bits per heavy atom. The third-order valence-electron chi connectivity index (χ3n) is 3.74. The van der Waals surface area contributed by atoms with Gasteiger partial charge in [-0.1, -0.05) is 43.1 Å². The van der Waals surface area contributed by atoms with Gasteiger partial charge in [-0.25, -0.2) is 4.98 Å². The van der Waals surface area contributed by atoms with Gasteiger partial charge in [-0.05, 0) is 55.4 Å². The van der Waals surface area contributed by atoms with E-state index in [1.54, 1.807) is 18.3 Å². The van der Waals surface area contributed by atoms with Crippen molar-refractivity contribution in [3.8, 4) is 0 Å². The first kappa shape index (κ1) is 20.6. The summed E-state index contributed by atoms with van der Waals surface area (Å²) in [6, 6.07) is 5.82. The lowest BCUT2D eigenvalue weighted by Gasteiger charge is -2.04. The van der Waals surface area contributed by atoms with Gasteiger partial charge >= 0.3 is 0 Å². The number of nitrogens with one attached hydrogen (secondary N) is 2. The number of aryl methyl sites for hydroxylation is 1. The highest BCUT2D eigenvalue weighted by molar-refractivity contribution is 6.34. The van der Waals surface area contributed by atoms with E-state index in [0.29, 0.717) is 11.3 Å². The average Bonchev–Trinajstić information content (AvgIpc) is 2.91. The van der Waals surface area contributed by atoms with E-state index >= 15 is 0 Å². The number of hydrogen-bond donors (Lipinski definition) is 2. The van der Waals surface area contributed by atoms with Crippen LogP contribution in [0.4, 0.5) is 5.95 Å². The average molecular weight is 368 g/mol. The molecule has 0 radical (unpaired) electrons. The van der Waals surface area contributed by atoms with Crippen molar-refractivity contribution in [3.05, 3.63) is 58.4 Å². The second-order valence-electron chi connectivity index (χ2n) is 6.52. The van der Waals surface area contributed by atoms with Crippen LogP contribution in [0, 0.1) is 12.3 Å². The second-order valence-corrected chi connectivity index (χ2v) is 7.39. The molecule has 0 saturated heterocycles. The number of hydrogen-bond acceptors (Lipinski definition) is 2. The van der Waals surface area contributed by atoms with Crippen LogP contribution in [0.15, 0.2) is 37.1 Å². The first-order valence-corrected chi connectivity index (χ1v) is 8.71. The molecule has 24 heavy (non-hydrogen) atoms. The fourth-order valence-corrected chi connectivity index (χ4v) is 2.90. The molecule has 1 aromatic carbocycles. The summed E-state index contributed by atoms with van der Waals surface area (Å²) in [5, 5.41) is 4.36. The molecule has 1 aliphatic carbocycles. The minimum Gasteiger partial charge on any atom is -0.359 e. The van der Waals surface area contributed by atoms with Crippen molar-refractivity contribution in [1.82, 2.24) is 9.97 Å². The highest BCUT2D eigenvalue weighted by Crippen LogP contribution is 2.58. The van der Waals surface area contributed by atoms with Gasteiger partial charge in [0.15, 0.2) is 5.95 Å². The smallest absolute Gasteiger partial charge is 0.200 e. The van der Waals surface area contributed by atoms with Crippen LogP contribution in [0.25, 0.3) is 0 Å². The van der Waals surface area contributed by atoms with E-state index in [9.17, 15) is 0 Å². The molecule has 132 valence electrons. The lowest BCUT2D eigenvalue weighted by atomic mass is 10.0. The van der Waals surface area contributed by atoms with E-state index in [4.69, 9.17) is 23.2 Å². The molecule has 2 N–H and O–H groups in total. The second kappa shape index (κ2) is 9.14. The fourth-order valence-electron chi connectivity index (χ4n) is 2.35. The van der Waals surface area contributed by atoms with E-state index < -0.39 is 0 Å². The Hall–Kier alpha value is -1.45. The molecule has 1 saturated carbocycles. The number of rotatable bonds is 2. The van der Waals surface area contributed by atoms with E-state index in [0.717, 1.165) is 21.7 Å². The van der Waals surface area contributed by atoms with E-state index in [-0.39, 0.29) is 0 Å². The number of aromatic nitrogens is 2. The van der Waals surface area contributed by atoms with Crippen LogP contribution in [-0.2, 0) is 0 Å². The van der Waals surface area contributed by atoms with Gasteiger partial charge in [-0.3, -0.25) is 0 Å². The highest BCUT2D eigenvalue weighted by atomic mass is 35.5. The van der Waals surface area contributed by atoms with Gasteiger partial charge in [0.2, 0.25) is 0 Å². The monoisotopic (exact) mass is 367 g/mol. The van der Waals surface area contributed by atoms with E-state index in [2.05, 4.69) is 35.7 Å². The summed E-state index contributed by atoms with van der Waals surface area (Å²) < 4.78 is 0. The molecule has 1 fully saturated rings. The van der Waals surface area contributed by atoms with Gasteiger partial charge in [0.1, 0.15) is 0 Å². The van der Waals surface area contributed by atoms with Crippen molar-refractivity contribution in [2.45, 2.75) is 40.0 Å². The van der Waals surface area contributed by atoms with Crippen LogP contribution in [0.3, 0.4) is 0 Å². The Labute approximate surface area is 155 Å². The molecule has 3 rings (SSSR count). The maximum absolute atomic E-state index is 5.93. The molecule has 0 spiro atoms. The van der Waals surface area contributed by atoms with Crippen molar-refractivity contribution in [3.63, 3.8) is 0 Å². The number of imidazole rings is 1. The number of anilines is 1. The maximum atomic E-state index is 5.93. The maximum Gasteiger partial charge on any atom is 0.200 e. The van der Waals surface area contributed by atoms with Crippen LogP contribution in [0.1, 0.15) is 44.4 Å². The van der Waals surface area contributed by atoms with E-state index in [1.807, 2.05) is 33.0 Å². The van der Waals surface area contributed by atoms with Crippen LogP contribution >= 0.6 is 23.2 Å². The molecular formula is C19H27Cl2N3. The molecule has 0 amide bonds.